The minimum Gasteiger partial charge on any atom is -0.396 e. The number of aliphatic hydroxyl groups excluding tert-OH is 1. The van der Waals surface area contributed by atoms with Crippen molar-refractivity contribution in [2.75, 3.05) is 6.61 Å². The second-order valence-corrected chi connectivity index (χ2v) is 8.70. The number of unbranched alkanes of at least 4 members (excludes halogenated alkanes) is 1. The lowest BCUT2D eigenvalue weighted by Gasteiger charge is -2.07. The van der Waals surface area contributed by atoms with E-state index in [1.54, 1.807) is 0 Å². The Morgan fingerprint density at radius 1 is 1.30 bits per heavy atom. The maximum absolute atomic E-state index is 8.47. The summed E-state index contributed by atoms with van der Waals surface area (Å²) in [7, 11) is -0.969. The molecule has 0 amide bonds. The average Bonchev–Trinajstić information content (AvgIpc) is 1.78. The Hall–Kier alpha value is -0.0831. The number of aliphatic hydroxyl groups is 1. The van der Waals surface area contributed by atoms with Crippen LogP contribution in [0.1, 0.15) is 12.8 Å². The summed E-state index contributed by atoms with van der Waals surface area (Å²) < 4.78 is 0. The van der Waals surface area contributed by atoms with Crippen molar-refractivity contribution >= 4 is 8.07 Å². The van der Waals surface area contributed by atoms with Gasteiger partial charge in [-0.3, -0.25) is 0 Å². The van der Waals surface area contributed by atoms with Crippen molar-refractivity contribution in [1.82, 2.24) is 0 Å². The highest BCUT2D eigenvalue weighted by molar-refractivity contribution is 6.80. The number of rotatable bonds is 4. The lowest BCUT2D eigenvalue weighted by atomic mass is 10.3. The normalized spacial score (nSPS) is 12.8. The van der Waals surface area contributed by atoms with Gasteiger partial charge >= 0.3 is 0 Å². The SMILES string of the molecule is C[Si](C)(C)/C=C/CCCO. The van der Waals surface area contributed by atoms with Crippen LogP contribution in [0.15, 0.2) is 11.8 Å². The fourth-order valence-corrected chi connectivity index (χ4v) is 1.52. The van der Waals surface area contributed by atoms with Crippen LogP contribution in [0.5, 0.6) is 0 Å². The molecule has 1 nitrogen and oxygen atoms in total. The molecule has 10 heavy (non-hydrogen) atoms. The largest absolute Gasteiger partial charge is 0.396 e. The molecule has 60 valence electrons. The quantitative estimate of drug-likeness (QED) is 0.491. The van der Waals surface area contributed by atoms with E-state index in [2.05, 4.69) is 31.4 Å². The van der Waals surface area contributed by atoms with Crippen molar-refractivity contribution in [1.29, 1.82) is 0 Å². The fraction of sp³-hybridized carbons (Fsp3) is 0.750. The summed E-state index contributed by atoms with van der Waals surface area (Å²) in [5, 5.41) is 8.47. The fourth-order valence-electron chi connectivity index (χ4n) is 0.646. The predicted octanol–water partition coefficient (Wildman–Crippen LogP) is 2.19. The second kappa shape index (κ2) is 4.69. The Labute approximate surface area is 64.8 Å². The van der Waals surface area contributed by atoms with Crippen LogP contribution >= 0.6 is 0 Å². The molecule has 2 heteroatoms. The van der Waals surface area contributed by atoms with Crippen molar-refractivity contribution < 1.29 is 5.11 Å². The third kappa shape index (κ3) is 7.92. The summed E-state index contributed by atoms with van der Waals surface area (Å²) in [6, 6.07) is 0. The van der Waals surface area contributed by atoms with Crippen LogP contribution in [0.2, 0.25) is 19.6 Å². The van der Waals surface area contributed by atoms with Gasteiger partial charge in [-0.2, -0.15) is 0 Å². The molecule has 0 saturated heterocycles. The molecule has 0 spiro atoms. The van der Waals surface area contributed by atoms with E-state index < -0.39 is 8.07 Å². The molecule has 0 unspecified atom stereocenters. The molecule has 0 heterocycles. The molecule has 0 bridgehead atoms. The minimum absolute atomic E-state index is 0.316. The molecule has 0 saturated carbocycles. The first-order valence-electron chi connectivity index (χ1n) is 3.85. The first-order chi connectivity index (χ1) is 4.56. The molecule has 0 aromatic rings. The van der Waals surface area contributed by atoms with E-state index in [1.807, 2.05) is 0 Å². The maximum atomic E-state index is 8.47. The highest BCUT2D eigenvalue weighted by atomic mass is 28.3. The van der Waals surface area contributed by atoms with E-state index in [-0.39, 0.29) is 0 Å². The first-order valence-corrected chi connectivity index (χ1v) is 7.42. The van der Waals surface area contributed by atoms with Crippen LogP contribution in [-0.2, 0) is 0 Å². The Morgan fingerprint density at radius 3 is 2.30 bits per heavy atom. The van der Waals surface area contributed by atoms with Gasteiger partial charge in [0.05, 0.1) is 8.07 Å². The zero-order valence-electron chi connectivity index (χ0n) is 7.22. The Morgan fingerprint density at radius 2 is 1.90 bits per heavy atom. The van der Waals surface area contributed by atoms with E-state index in [9.17, 15) is 0 Å². The van der Waals surface area contributed by atoms with Crippen molar-refractivity contribution in [3.63, 3.8) is 0 Å². The number of hydrogen-bond donors (Lipinski definition) is 1. The molecule has 0 fully saturated rings. The third-order valence-corrected chi connectivity index (χ3v) is 2.38. The summed E-state index contributed by atoms with van der Waals surface area (Å²) in [4.78, 5) is 0. The van der Waals surface area contributed by atoms with Crippen LogP contribution in [0.4, 0.5) is 0 Å². The molecule has 1 N–H and O–H groups in total. The Balaban J connectivity index is 3.37. The molecule has 0 aromatic carbocycles. The third-order valence-electron chi connectivity index (χ3n) is 1.15. The molecule has 0 aliphatic heterocycles. The highest BCUT2D eigenvalue weighted by Gasteiger charge is 2.05. The molecular weight excluding hydrogens is 140 g/mol. The van der Waals surface area contributed by atoms with Crippen LogP contribution < -0.4 is 0 Å². The first kappa shape index (κ1) is 9.92. The van der Waals surface area contributed by atoms with E-state index in [1.165, 1.54) is 0 Å². The topological polar surface area (TPSA) is 20.2 Å². The smallest absolute Gasteiger partial charge is 0.0682 e. The Kier molecular flexibility index (Phi) is 4.65. The Bertz CT molecular complexity index is 102. The molecular formula is C8H18OSi. The van der Waals surface area contributed by atoms with Gasteiger partial charge in [0.25, 0.3) is 0 Å². The summed E-state index contributed by atoms with van der Waals surface area (Å²) in [5.74, 6) is 0. The van der Waals surface area contributed by atoms with Gasteiger partial charge in [0.1, 0.15) is 0 Å². The second-order valence-electron chi connectivity index (χ2n) is 3.63. The predicted molar refractivity (Wildman–Crippen MR) is 48.8 cm³/mol. The van der Waals surface area contributed by atoms with E-state index in [4.69, 9.17) is 5.11 Å². The monoisotopic (exact) mass is 158 g/mol. The van der Waals surface area contributed by atoms with Crippen molar-refractivity contribution in [2.24, 2.45) is 0 Å². The average molecular weight is 158 g/mol. The number of hydrogen-bond acceptors (Lipinski definition) is 1. The minimum atomic E-state index is -0.969. The molecule has 0 aliphatic rings. The maximum Gasteiger partial charge on any atom is 0.0682 e. The van der Waals surface area contributed by atoms with Gasteiger partial charge in [0.15, 0.2) is 0 Å². The van der Waals surface area contributed by atoms with Gasteiger partial charge in [-0.25, -0.2) is 0 Å². The van der Waals surface area contributed by atoms with Gasteiger partial charge < -0.3 is 5.11 Å². The van der Waals surface area contributed by atoms with Crippen molar-refractivity contribution in [2.45, 2.75) is 32.5 Å². The lowest BCUT2D eigenvalue weighted by molar-refractivity contribution is 0.289. The van der Waals surface area contributed by atoms with Gasteiger partial charge in [-0.1, -0.05) is 31.4 Å². The van der Waals surface area contributed by atoms with Crippen LogP contribution in [0.3, 0.4) is 0 Å². The summed E-state index contributed by atoms with van der Waals surface area (Å²) in [5.41, 5.74) is 2.32. The molecule has 0 aromatic heterocycles. The van der Waals surface area contributed by atoms with Crippen LogP contribution in [0, 0.1) is 0 Å². The summed E-state index contributed by atoms with van der Waals surface area (Å²) in [6.07, 6.45) is 4.13. The highest BCUT2D eigenvalue weighted by Crippen LogP contribution is 2.03. The number of allylic oxidation sites excluding steroid dienone is 1. The van der Waals surface area contributed by atoms with E-state index >= 15 is 0 Å². The van der Waals surface area contributed by atoms with Crippen LogP contribution in [0.25, 0.3) is 0 Å². The lowest BCUT2D eigenvalue weighted by Crippen LogP contribution is -2.15. The van der Waals surface area contributed by atoms with Crippen molar-refractivity contribution in [3.05, 3.63) is 11.8 Å². The van der Waals surface area contributed by atoms with Gasteiger partial charge in [0, 0.05) is 6.61 Å². The van der Waals surface area contributed by atoms with Gasteiger partial charge in [-0.05, 0) is 12.8 Å². The summed E-state index contributed by atoms with van der Waals surface area (Å²) in [6.45, 7) is 7.24. The molecule has 0 atom stereocenters. The van der Waals surface area contributed by atoms with Gasteiger partial charge in [-0.15, -0.1) is 0 Å². The zero-order valence-corrected chi connectivity index (χ0v) is 8.22. The molecule has 0 radical (unpaired) electrons. The van der Waals surface area contributed by atoms with E-state index in [0.717, 1.165) is 12.8 Å². The van der Waals surface area contributed by atoms with E-state index in [0.29, 0.717) is 6.61 Å². The van der Waals surface area contributed by atoms with Crippen LogP contribution in [-0.4, -0.2) is 19.8 Å². The zero-order chi connectivity index (χ0) is 8.04. The molecule has 0 rings (SSSR count). The molecule has 0 aliphatic carbocycles. The standard InChI is InChI=1S/C8H18OSi/c1-10(2,3)8-6-4-5-7-9/h6,8-9H,4-5,7H2,1-3H3/b8-6+. The van der Waals surface area contributed by atoms with Gasteiger partial charge in [0.2, 0.25) is 0 Å². The summed E-state index contributed by atoms with van der Waals surface area (Å²) >= 11 is 0. The van der Waals surface area contributed by atoms with Crippen molar-refractivity contribution in [3.8, 4) is 0 Å².